The number of carbonyl (C=O) groups is 1. The summed E-state index contributed by atoms with van der Waals surface area (Å²) in [5, 5.41) is 0. The van der Waals surface area contributed by atoms with E-state index < -0.39 is 15.9 Å². The van der Waals surface area contributed by atoms with Crippen molar-refractivity contribution in [1.82, 2.24) is 20.1 Å². The van der Waals surface area contributed by atoms with Gasteiger partial charge in [-0.15, -0.1) is 0 Å². The van der Waals surface area contributed by atoms with Crippen molar-refractivity contribution >= 4 is 21.9 Å². The van der Waals surface area contributed by atoms with Crippen LogP contribution in [0.2, 0.25) is 0 Å². The minimum Gasteiger partial charge on any atom is -0.481 e. The number of carbonyl (C=O) groups excluding carboxylic acids is 1. The van der Waals surface area contributed by atoms with Crippen molar-refractivity contribution in [2.45, 2.75) is 11.8 Å². The number of nitrogens with zero attached hydrogens (tertiary/aromatic N) is 2. The molecule has 128 valence electrons. The fourth-order valence-corrected chi connectivity index (χ4v) is 2.80. The monoisotopic (exact) mass is 351 g/mol. The molecule has 0 radical (unpaired) electrons. The molecule has 1 aromatic carbocycles. The highest BCUT2D eigenvalue weighted by atomic mass is 32.2. The van der Waals surface area contributed by atoms with Crippen LogP contribution in [-0.4, -0.2) is 37.9 Å². The summed E-state index contributed by atoms with van der Waals surface area (Å²) in [6.45, 7) is 1.97. The molecule has 1 heterocycles. The third-order valence-corrected chi connectivity index (χ3v) is 4.45. The largest absolute Gasteiger partial charge is 0.481 e. The smallest absolute Gasteiger partial charge is 0.269 e. The van der Waals surface area contributed by atoms with Crippen LogP contribution >= 0.6 is 0 Å². The first-order chi connectivity index (χ1) is 11.5. The Morgan fingerprint density at radius 3 is 2.54 bits per heavy atom. The summed E-state index contributed by atoms with van der Waals surface area (Å²) in [5.41, 5.74) is 5.24. The molecular weight excluding hydrogens is 334 g/mol. The first-order valence-electron chi connectivity index (χ1n) is 6.99. The lowest BCUT2D eigenvalue weighted by molar-refractivity contribution is 0.0962. The van der Waals surface area contributed by atoms with Gasteiger partial charge in [0, 0.05) is 24.4 Å². The summed E-state index contributed by atoms with van der Waals surface area (Å²) in [6.07, 6.45) is 1.47. The highest BCUT2D eigenvalue weighted by molar-refractivity contribution is 7.89. The predicted molar refractivity (Wildman–Crippen MR) is 87.0 cm³/mol. The Morgan fingerprint density at radius 2 is 1.92 bits per heavy atom. The van der Waals surface area contributed by atoms with Gasteiger partial charge in [0.05, 0.1) is 12.0 Å². The Morgan fingerprint density at radius 1 is 1.21 bits per heavy atom. The van der Waals surface area contributed by atoms with E-state index in [0.717, 1.165) is 0 Å². The molecule has 0 saturated heterocycles. The first kappa shape index (κ1) is 17.6. The minimum atomic E-state index is -3.55. The average molecular weight is 351 g/mol. The van der Waals surface area contributed by atoms with Crippen molar-refractivity contribution in [3.8, 4) is 5.88 Å². The normalized spacial score (nSPS) is 10.9. The van der Waals surface area contributed by atoms with E-state index in [1.807, 2.05) is 0 Å². The number of sulfonamides is 1. The van der Waals surface area contributed by atoms with Crippen LogP contribution in [0.25, 0.3) is 0 Å². The Balaban J connectivity index is 2.02. The summed E-state index contributed by atoms with van der Waals surface area (Å²) < 4.78 is 31.0. The molecule has 1 amide bonds. The molecule has 10 heteroatoms. The molecule has 0 saturated carbocycles. The summed E-state index contributed by atoms with van der Waals surface area (Å²) in [6, 6.07) is 7.10. The lowest BCUT2D eigenvalue weighted by Gasteiger charge is -2.08. The van der Waals surface area contributed by atoms with Crippen LogP contribution in [0.3, 0.4) is 0 Å². The van der Waals surface area contributed by atoms with Gasteiger partial charge in [-0.3, -0.25) is 15.6 Å². The van der Waals surface area contributed by atoms with E-state index in [1.54, 1.807) is 13.0 Å². The Bertz CT molecular complexity index is 808. The Labute approximate surface area is 139 Å². The molecule has 0 aliphatic heterocycles. The Hall–Kier alpha value is -2.72. The van der Waals surface area contributed by atoms with E-state index in [9.17, 15) is 13.2 Å². The molecule has 9 nitrogen and oxygen atoms in total. The van der Waals surface area contributed by atoms with E-state index >= 15 is 0 Å². The van der Waals surface area contributed by atoms with Gasteiger partial charge in [0.15, 0.2) is 0 Å². The standard InChI is InChI=1S/C14H17N5O4S/c1-3-16-24(21,22)11-6-4-10(5-7-11)13(20)18-19-14-15-9-8-12(17-14)23-2/h4-9,16H,3H2,1-2H3,(H,18,20)(H,15,17,19). The van der Waals surface area contributed by atoms with Gasteiger partial charge >= 0.3 is 0 Å². The number of aromatic nitrogens is 2. The van der Waals surface area contributed by atoms with Crippen molar-refractivity contribution in [1.29, 1.82) is 0 Å². The van der Waals surface area contributed by atoms with E-state index in [2.05, 4.69) is 25.5 Å². The summed E-state index contributed by atoms with van der Waals surface area (Å²) in [7, 11) is -2.08. The Kier molecular flexibility index (Phi) is 5.66. The minimum absolute atomic E-state index is 0.0880. The molecule has 24 heavy (non-hydrogen) atoms. The van der Waals surface area contributed by atoms with Gasteiger partial charge in [-0.2, -0.15) is 4.98 Å². The van der Waals surface area contributed by atoms with E-state index in [0.29, 0.717) is 5.88 Å². The number of hydrogen-bond donors (Lipinski definition) is 3. The summed E-state index contributed by atoms with van der Waals surface area (Å²) in [5.74, 6) is 0.0441. The fraction of sp³-hybridized carbons (Fsp3) is 0.214. The van der Waals surface area contributed by atoms with Gasteiger partial charge in [-0.05, 0) is 24.3 Å². The maximum atomic E-state index is 12.0. The van der Waals surface area contributed by atoms with E-state index in [4.69, 9.17) is 4.74 Å². The van der Waals surface area contributed by atoms with Crippen LogP contribution < -0.4 is 20.3 Å². The molecule has 0 aliphatic rings. The van der Waals surface area contributed by atoms with Gasteiger partial charge in [-0.25, -0.2) is 18.1 Å². The number of hydrogen-bond acceptors (Lipinski definition) is 7. The number of rotatable bonds is 7. The van der Waals surface area contributed by atoms with Crippen molar-refractivity contribution in [2.24, 2.45) is 0 Å². The zero-order valence-corrected chi connectivity index (χ0v) is 13.9. The molecular formula is C14H17N5O4S. The quantitative estimate of drug-likeness (QED) is 0.622. The SMILES string of the molecule is CCNS(=O)(=O)c1ccc(C(=O)NNc2nccc(OC)n2)cc1. The molecule has 0 fully saturated rings. The average Bonchev–Trinajstić information content (AvgIpc) is 2.60. The first-order valence-corrected chi connectivity index (χ1v) is 8.47. The highest BCUT2D eigenvalue weighted by Crippen LogP contribution is 2.11. The van der Waals surface area contributed by atoms with Crippen LogP contribution in [-0.2, 0) is 10.0 Å². The van der Waals surface area contributed by atoms with Crippen molar-refractivity contribution < 1.29 is 17.9 Å². The van der Waals surface area contributed by atoms with E-state index in [-0.39, 0.29) is 23.0 Å². The third-order valence-electron chi connectivity index (χ3n) is 2.89. The number of benzene rings is 1. The van der Waals surface area contributed by atoms with Crippen molar-refractivity contribution in [3.05, 3.63) is 42.1 Å². The molecule has 0 unspecified atom stereocenters. The fourth-order valence-electron chi connectivity index (χ4n) is 1.76. The predicted octanol–water partition coefficient (Wildman–Crippen LogP) is 0.540. The van der Waals surface area contributed by atoms with Gasteiger partial charge in [0.2, 0.25) is 21.9 Å². The zero-order valence-electron chi connectivity index (χ0n) is 13.1. The molecule has 0 bridgehead atoms. The maximum Gasteiger partial charge on any atom is 0.269 e. The molecule has 3 N–H and O–H groups in total. The van der Waals surface area contributed by atoms with Crippen LogP contribution in [0.15, 0.2) is 41.4 Å². The topological polar surface area (TPSA) is 122 Å². The molecule has 2 aromatic rings. The van der Waals surface area contributed by atoms with Gasteiger partial charge < -0.3 is 4.74 Å². The van der Waals surface area contributed by atoms with Crippen LogP contribution in [0.4, 0.5) is 5.95 Å². The number of ether oxygens (including phenoxy) is 1. The van der Waals surface area contributed by atoms with Crippen LogP contribution in [0.5, 0.6) is 5.88 Å². The van der Waals surface area contributed by atoms with Crippen molar-refractivity contribution in [3.63, 3.8) is 0 Å². The second-order valence-corrected chi connectivity index (χ2v) is 6.29. The summed E-state index contributed by atoms with van der Waals surface area (Å²) >= 11 is 0. The molecule has 2 rings (SSSR count). The summed E-state index contributed by atoms with van der Waals surface area (Å²) in [4.78, 5) is 20.0. The van der Waals surface area contributed by atoms with E-state index in [1.165, 1.54) is 37.6 Å². The van der Waals surface area contributed by atoms with Crippen LogP contribution in [0, 0.1) is 0 Å². The number of nitrogens with one attached hydrogen (secondary N) is 3. The molecule has 0 aliphatic carbocycles. The van der Waals surface area contributed by atoms with Gasteiger partial charge in [-0.1, -0.05) is 6.92 Å². The second kappa shape index (κ2) is 7.70. The van der Waals surface area contributed by atoms with Gasteiger partial charge in [0.1, 0.15) is 0 Å². The maximum absolute atomic E-state index is 12.0. The van der Waals surface area contributed by atoms with Crippen molar-refractivity contribution in [2.75, 3.05) is 19.1 Å². The molecule has 1 aromatic heterocycles. The molecule has 0 atom stereocenters. The zero-order chi connectivity index (χ0) is 17.6. The number of methoxy groups -OCH3 is 1. The lowest BCUT2D eigenvalue weighted by atomic mass is 10.2. The number of amides is 1. The second-order valence-electron chi connectivity index (χ2n) is 4.53. The molecule has 0 spiro atoms. The lowest BCUT2D eigenvalue weighted by Crippen LogP contribution is -2.30. The van der Waals surface area contributed by atoms with Gasteiger partial charge in [0.25, 0.3) is 5.91 Å². The van der Waals surface area contributed by atoms with Crippen LogP contribution in [0.1, 0.15) is 17.3 Å². The highest BCUT2D eigenvalue weighted by Gasteiger charge is 2.13. The number of hydrazine groups is 1. The third kappa shape index (κ3) is 4.40. The number of anilines is 1.